The molecular weight excluding hydrogens is 327 g/mol. The molecule has 2 heterocycles. The molecule has 0 bridgehead atoms. The molecule has 0 atom stereocenters. The Kier molecular flexibility index (Phi) is 4.83. The summed E-state index contributed by atoms with van der Waals surface area (Å²) in [6.45, 7) is 3.79. The lowest BCUT2D eigenvalue weighted by atomic mass is 10.2. The Hall–Kier alpha value is -3.09. The Morgan fingerprint density at radius 1 is 1.24 bits per heavy atom. The van der Waals surface area contributed by atoms with Gasteiger partial charge in [-0.2, -0.15) is 0 Å². The summed E-state index contributed by atoms with van der Waals surface area (Å²) < 4.78 is 29.0. The summed E-state index contributed by atoms with van der Waals surface area (Å²) in [6, 6.07) is 8.87. The lowest BCUT2D eigenvalue weighted by molar-refractivity contribution is 0.0992. The molecule has 0 aliphatic carbocycles. The van der Waals surface area contributed by atoms with Gasteiger partial charge in [0.25, 0.3) is 5.91 Å². The van der Waals surface area contributed by atoms with Crippen LogP contribution in [0.25, 0.3) is 0 Å². The maximum Gasteiger partial charge on any atom is 0.291 e. The number of anilines is 1. The molecule has 0 fully saturated rings. The number of halogens is 1. The van der Waals surface area contributed by atoms with Crippen molar-refractivity contribution in [3.63, 3.8) is 0 Å². The number of carbonyl (C=O) groups is 1. The van der Waals surface area contributed by atoms with Gasteiger partial charge in [-0.25, -0.2) is 4.39 Å². The predicted molar refractivity (Wildman–Crippen MR) is 88.0 cm³/mol. The first-order valence-electron chi connectivity index (χ1n) is 7.80. The van der Waals surface area contributed by atoms with Crippen molar-refractivity contribution in [3.05, 3.63) is 65.2 Å². The number of carbonyl (C=O) groups excluding carboxylic acids is 1. The molecule has 130 valence electrons. The number of nitrogens with zero attached hydrogens (tertiary/aromatic N) is 1. The van der Waals surface area contributed by atoms with Crippen molar-refractivity contribution in [1.82, 2.24) is 5.16 Å². The number of nitrogens with one attached hydrogen (secondary N) is 1. The zero-order valence-corrected chi connectivity index (χ0v) is 13.8. The first-order chi connectivity index (χ1) is 12.1. The Labute approximate surface area is 143 Å². The fourth-order valence-electron chi connectivity index (χ4n) is 2.26. The summed E-state index contributed by atoms with van der Waals surface area (Å²) in [4.78, 5) is 12.3. The highest BCUT2D eigenvalue weighted by Crippen LogP contribution is 2.22. The molecule has 7 heteroatoms. The normalized spacial score (nSPS) is 10.7. The molecule has 0 unspecified atom stereocenters. The number of ether oxygens (including phenoxy) is 1. The average Bonchev–Trinajstić information content (AvgIpc) is 3.22. The van der Waals surface area contributed by atoms with Gasteiger partial charge in [-0.05, 0) is 43.3 Å². The van der Waals surface area contributed by atoms with Crippen LogP contribution in [0, 0.1) is 12.7 Å². The maximum absolute atomic E-state index is 12.9. The summed E-state index contributed by atoms with van der Waals surface area (Å²) in [5.74, 6) is 1.02. The number of hydrogen-bond acceptors (Lipinski definition) is 5. The first-order valence-corrected chi connectivity index (χ1v) is 7.80. The van der Waals surface area contributed by atoms with Crippen LogP contribution >= 0.6 is 0 Å². The van der Waals surface area contributed by atoms with E-state index in [9.17, 15) is 9.18 Å². The average molecular weight is 344 g/mol. The van der Waals surface area contributed by atoms with Crippen molar-refractivity contribution in [3.8, 4) is 5.75 Å². The zero-order valence-electron chi connectivity index (χ0n) is 13.8. The Morgan fingerprint density at radius 2 is 2.00 bits per heavy atom. The van der Waals surface area contributed by atoms with E-state index in [1.54, 1.807) is 19.1 Å². The zero-order chi connectivity index (χ0) is 17.8. The van der Waals surface area contributed by atoms with Gasteiger partial charge in [0.05, 0.1) is 0 Å². The minimum atomic E-state index is -0.394. The minimum Gasteiger partial charge on any atom is -0.486 e. The summed E-state index contributed by atoms with van der Waals surface area (Å²) >= 11 is 0. The van der Waals surface area contributed by atoms with E-state index >= 15 is 0 Å². The summed E-state index contributed by atoms with van der Waals surface area (Å²) in [6.07, 6.45) is 0.616. The van der Waals surface area contributed by atoms with Crippen molar-refractivity contribution >= 4 is 11.6 Å². The van der Waals surface area contributed by atoms with E-state index in [0.717, 1.165) is 0 Å². The molecule has 3 aromatic rings. The third-order valence-corrected chi connectivity index (χ3v) is 3.57. The Morgan fingerprint density at radius 3 is 2.72 bits per heavy atom. The molecule has 0 saturated heterocycles. The lowest BCUT2D eigenvalue weighted by Crippen LogP contribution is -2.12. The van der Waals surface area contributed by atoms with Crippen molar-refractivity contribution in [2.45, 2.75) is 26.9 Å². The maximum atomic E-state index is 12.9. The lowest BCUT2D eigenvalue weighted by Gasteiger charge is -2.04. The second kappa shape index (κ2) is 7.21. The fourth-order valence-corrected chi connectivity index (χ4v) is 2.26. The van der Waals surface area contributed by atoms with Gasteiger partial charge in [0.1, 0.15) is 35.3 Å². The molecule has 1 N–H and O–H groups in total. The van der Waals surface area contributed by atoms with Crippen LogP contribution in [-0.4, -0.2) is 11.1 Å². The number of aryl methyl sites for hydroxylation is 2. The molecule has 0 aliphatic heterocycles. The number of furan rings is 1. The minimum absolute atomic E-state index is 0.130. The van der Waals surface area contributed by atoms with E-state index in [1.165, 1.54) is 24.3 Å². The highest BCUT2D eigenvalue weighted by atomic mass is 19.1. The van der Waals surface area contributed by atoms with E-state index < -0.39 is 5.91 Å². The van der Waals surface area contributed by atoms with Crippen LogP contribution in [0.15, 0.2) is 45.3 Å². The van der Waals surface area contributed by atoms with Gasteiger partial charge in [-0.1, -0.05) is 12.1 Å². The third kappa shape index (κ3) is 3.88. The highest BCUT2D eigenvalue weighted by molar-refractivity contribution is 6.02. The monoisotopic (exact) mass is 344 g/mol. The molecule has 0 radical (unpaired) electrons. The van der Waals surface area contributed by atoms with Crippen LogP contribution < -0.4 is 10.1 Å². The summed E-state index contributed by atoms with van der Waals surface area (Å²) in [5, 5.41) is 6.59. The van der Waals surface area contributed by atoms with Crippen molar-refractivity contribution in [2.75, 3.05) is 5.32 Å². The van der Waals surface area contributed by atoms with Crippen LogP contribution in [0.4, 0.5) is 10.1 Å². The topological polar surface area (TPSA) is 77.5 Å². The van der Waals surface area contributed by atoms with Crippen molar-refractivity contribution < 1.29 is 22.9 Å². The quantitative estimate of drug-likeness (QED) is 0.728. The number of amides is 1. The van der Waals surface area contributed by atoms with Crippen LogP contribution in [0.1, 0.15) is 34.7 Å². The molecule has 2 aromatic heterocycles. The number of rotatable bonds is 6. The molecule has 1 aromatic carbocycles. The van der Waals surface area contributed by atoms with E-state index in [0.29, 0.717) is 35.1 Å². The molecule has 0 saturated carbocycles. The van der Waals surface area contributed by atoms with Crippen LogP contribution in [0.5, 0.6) is 5.75 Å². The van der Waals surface area contributed by atoms with Gasteiger partial charge in [-0.15, -0.1) is 0 Å². The van der Waals surface area contributed by atoms with Gasteiger partial charge in [0.15, 0.2) is 11.5 Å². The van der Waals surface area contributed by atoms with Gasteiger partial charge in [-0.3, -0.25) is 4.79 Å². The van der Waals surface area contributed by atoms with Gasteiger partial charge in [0, 0.05) is 6.42 Å². The van der Waals surface area contributed by atoms with Gasteiger partial charge in [0.2, 0.25) is 0 Å². The second-order valence-corrected chi connectivity index (χ2v) is 5.38. The van der Waals surface area contributed by atoms with Crippen LogP contribution in [-0.2, 0) is 13.0 Å². The largest absolute Gasteiger partial charge is 0.486 e. The van der Waals surface area contributed by atoms with Gasteiger partial charge < -0.3 is 19.0 Å². The molecule has 1 amide bonds. The Balaban J connectivity index is 1.63. The molecule has 3 rings (SSSR count). The van der Waals surface area contributed by atoms with E-state index in [2.05, 4.69) is 10.5 Å². The number of aromatic nitrogens is 1. The molecule has 0 spiro atoms. The van der Waals surface area contributed by atoms with Crippen molar-refractivity contribution in [1.29, 1.82) is 0 Å². The van der Waals surface area contributed by atoms with Crippen LogP contribution in [0.3, 0.4) is 0 Å². The predicted octanol–water partition coefficient (Wildman–Crippen LogP) is 4.11. The van der Waals surface area contributed by atoms with Gasteiger partial charge >= 0.3 is 0 Å². The molecule has 25 heavy (non-hydrogen) atoms. The summed E-state index contributed by atoms with van der Waals surface area (Å²) in [7, 11) is 0. The number of benzene rings is 1. The Bertz CT molecular complexity index is 868. The third-order valence-electron chi connectivity index (χ3n) is 3.57. The van der Waals surface area contributed by atoms with E-state index in [4.69, 9.17) is 13.7 Å². The van der Waals surface area contributed by atoms with E-state index in [1.807, 2.05) is 6.92 Å². The molecular formula is C18H17FN2O4. The standard InChI is InChI=1S/C18H17FN2O4/c1-3-15-17(11(2)21-25-15)20-18(22)16-9-8-14(24-16)10-23-13-6-4-12(19)5-7-13/h4-9H,3,10H2,1-2H3,(H,20,22). The van der Waals surface area contributed by atoms with Crippen molar-refractivity contribution in [2.24, 2.45) is 0 Å². The van der Waals surface area contributed by atoms with Crippen LogP contribution in [0.2, 0.25) is 0 Å². The smallest absolute Gasteiger partial charge is 0.291 e. The SMILES string of the molecule is CCc1onc(C)c1NC(=O)c1ccc(COc2ccc(F)cc2)o1. The molecule has 0 aliphatic rings. The first kappa shape index (κ1) is 16.8. The van der Waals surface area contributed by atoms with E-state index in [-0.39, 0.29) is 18.2 Å². The fraction of sp³-hybridized carbons (Fsp3) is 0.222. The second-order valence-electron chi connectivity index (χ2n) is 5.38. The summed E-state index contributed by atoms with van der Waals surface area (Å²) in [5.41, 5.74) is 1.17. The number of hydrogen-bond donors (Lipinski definition) is 1. The highest BCUT2D eigenvalue weighted by Gasteiger charge is 2.18. The molecule has 6 nitrogen and oxygen atoms in total.